The van der Waals surface area contributed by atoms with E-state index >= 15 is 0 Å². The third kappa shape index (κ3) is 10.4. The molecule has 0 amide bonds. The molecule has 0 aliphatic rings. The van der Waals surface area contributed by atoms with Crippen LogP contribution in [0.1, 0.15) is 80.3 Å². The maximum Gasteiger partial charge on any atom is 0.647 e. The summed E-state index contributed by atoms with van der Waals surface area (Å²) in [6.07, 6.45) is 1.24. The summed E-state index contributed by atoms with van der Waals surface area (Å²) in [5.74, 6) is 2.18. The number of benzene rings is 5. The number of rotatable bonds is 19. The lowest BCUT2D eigenvalue weighted by Crippen LogP contribution is -2.32. The SMILES string of the molecule is CCC(CC)(Oc1c(C)cccc1C)[P+](=O)Oc1cccc(OP(=O)(Oc2cccc(O[P+](=O)[C@](C)(CC)Oc3c(C)cccc3C)c2)Oc2c(C)cccc2C)c1. The van der Waals surface area contributed by atoms with E-state index in [1.807, 2.05) is 117 Å². The topological polar surface area (TPSA) is 116 Å². The predicted octanol–water partition coefficient (Wildman–Crippen LogP) is 14.2. The van der Waals surface area contributed by atoms with Gasteiger partial charge in [-0.05, 0) is 108 Å². The van der Waals surface area contributed by atoms with Gasteiger partial charge in [0.15, 0.2) is 11.5 Å². The highest BCUT2D eigenvalue weighted by molar-refractivity contribution is 7.49. The molecule has 0 heterocycles. The van der Waals surface area contributed by atoms with Crippen molar-refractivity contribution in [2.45, 2.75) is 99.2 Å². The summed E-state index contributed by atoms with van der Waals surface area (Å²) in [6.45, 7) is 18.9. The minimum atomic E-state index is -4.55. The Bertz CT molecular complexity index is 2260. The van der Waals surface area contributed by atoms with Crippen molar-refractivity contribution in [3.63, 3.8) is 0 Å². The maximum atomic E-state index is 14.8. The lowest BCUT2D eigenvalue weighted by atomic mass is 10.1. The number of hydrogen-bond acceptors (Lipinski definition) is 10. The number of para-hydroxylation sites is 3. The van der Waals surface area contributed by atoms with E-state index in [2.05, 4.69) is 0 Å². The number of phosphoric acid groups is 1. The fraction of sp³-hybridized carbons (Fsp3) is 0.333. The fourth-order valence-corrected chi connectivity index (χ4v) is 9.62. The minimum absolute atomic E-state index is 0.0687. The highest BCUT2D eigenvalue weighted by atomic mass is 31.2. The second-order valence-electron chi connectivity index (χ2n) is 14.4. The van der Waals surface area contributed by atoms with E-state index in [1.165, 1.54) is 12.1 Å². The average Bonchev–Trinajstić information content (AvgIpc) is 3.18. The first kappa shape index (κ1) is 44.2. The van der Waals surface area contributed by atoms with Gasteiger partial charge in [-0.1, -0.05) is 87.5 Å². The summed E-state index contributed by atoms with van der Waals surface area (Å²) in [4.78, 5) is 0. The summed E-state index contributed by atoms with van der Waals surface area (Å²) in [6, 6.07) is 29.7. The molecule has 0 N–H and O–H groups in total. The molecule has 0 aliphatic heterocycles. The van der Waals surface area contributed by atoms with Crippen molar-refractivity contribution in [2.75, 3.05) is 0 Å². The van der Waals surface area contributed by atoms with Crippen LogP contribution in [0.2, 0.25) is 0 Å². The average molecular weight is 847 g/mol. The van der Waals surface area contributed by atoms with Gasteiger partial charge in [-0.25, -0.2) is 0 Å². The van der Waals surface area contributed by atoms with Crippen LogP contribution in [0.3, 0.4) is 0 Å². The number of phosphoric ester groups is 1. The van der Waals surface area contributed by atoms with Gasteiger partial charge in [0, 0.05) is 38.3 Å². The van der Waals surface area contributed by atoms with Crippen LogP contribution in [0.5, 0.6) is 40.2 Å². The lowest BCUT2D eigenvalue weighted by molar-refractivity contribution is 0.133. The fourth-order valence-electron chi connectivity index (χ4n) is 6.17. The number of ether oxygens (including phenoxy) is 2. The molecule has 4 atom stereocenters. The van der Waals surface area contributed by atoms with Gasteiger partial charge in [0.1, 0.15) is 28.7 Å². The van der Waals surface area contributed by atoms with Gasteiger partial charge < -0.3 is 23.0 Å². The first-order valence-corrected chi connectivity index (χ1v) is 23.1. The zero-order valence-electron chi connectivity index (χ0n) is 34.9. The van der Waals surface area contributed by atoms with Crippen molar-refractivity contribution in [2.24, 2.45) is 0 Å². The van der Waals surface area contributed by atoms with Gasteiger partial charge in [-0.15, -0.1) is 0 Å². The van der Waals surface area contributed by atoms with Crippen LogP contribution >= 0.6 is 23.9 Å². The molecule has 5 rings (SSSR count). The van der Waals surface area contributed by atoms with E-state index < -0.39 is 34.6 Å². The Morgan fingerprint density at radius 1 is 0.483 bits per heavy atom. The van der Waals surface area contributed by atoms with Crippen molar-refractivity contribution >= 4 is 23.9 Å². The normalized spacial score (nSPS) is 14.0. The Kier molecular flexibility index (Phi) is 14.3. The second kappa shape index (κ2) is 18.8. The molecule has 0 aliphatic carbocycles. The maximum absolute atomic E-state index is 14.8. The lowest BCUT2D eigenvalue weighted by Gasteiger charge is -2.23. The molecule has 306 valence electrons. The minimum Gasteiger partial charge on any atom is -0.441 e. The molecular weight excluding hydrogens is 793 g/mol. The Morgan fingerprint density at radius 3 is 1.26 bits per heavy atom. The van der Waals surface area contributed by atoms with Crippen LogP contribution in [0.15, 0.2) is 103 Å². The van der Waals surface area contributed by atoms with Gasteiger partial charge in [0.05, 0.1) is 0 Å². The second-order valence-corrected chi connectivity index (χ2v) is 19.0. The molecular formula is C45H53O10P3+2. The molecule has 0 bridgehead atoms. The highest BCUT2D eigenvalue weighted by Crippen LogP contribution is 2.54. The van der Waals surface area contributed by atoms with Gasteiger partial charge >= 0.3 is 34.6 Å². The molecule has 0 fully saturated rings. The first-order chi connectivity index (χ1) is 27.5. The Morgan fingerprint density at radius 2 is 0.845 bits per heavy atom. The summed E-state index contributed by atoms with van der Waals surface area (Å²) < 4.78 is 85.7. The van der Waals surface area contributed by atoms with Gasteiger partial charge in [-0.3, -0.25) is 9.05 Å². The van der Waals surface area contributed by atoms with Crippen molar-refractivity contribution in [3.8, 4) is 40.2 Å². The van der Waals surface area contributed by atoms with Crippen molar-refractivity contribution in [3.05, 3.63) is 137 Å². The molecule has 0 spiro atoms. The summed E-state index contributed by atoms with van der Waals surface area (Å²) >= 11 is 0. The summed E-state index contributed by atoms with van der Waals surface area (Å²) in [7, 11) is -9.41. The van der Waals surface area contributed by atoms with E-state index in [0.717, 1.165) is 22.3 Å². The monoisotopic (exact) mass is 846 g/mol. The van der Waals surface area contributed by atoms with Gasteiger partial charge in [0.2, 0.25) is 0 Å². The zero-order chi connectivity index (χ0) is 42.3. The van der Waals surface area contributed by atoms with Gasteiger partial charge in [0.25, 0.3) is 0 Å². The van der Waals surface area contributed by atoms with Crippen LogP contribution in [-0.2, 0) is 13.7 Å². The highest BCUT2D eigenvalue weighted by Gasteiger charge is 2.53. The van der Waals surface area contributed by atoms with Crippen LogP contribution < -0.4 is 32.1 Å². The molecule has 5 aromatic carbocycles. The molecule has 10 nitrogen and oxygen atoms in total. The summed E-state index contributed by atoms with van der Waals surface area (Å²) in [5, 5.41) is -2.28. The number of aryl methyl sites for hydroxylation is 6. The molecule has 5 aromatic rings. The van der Waals surface area contributed by atoms with E-state index in [9.17, 15) is 13.7 Å². The molecule has 13 heteroatoms. The molecule has 0 aromatic heterocycles. The molecule has 3 unspecified atom stereocenters. The van der Waals surface area contributed by atoms with Gasteiger partial charge in [-0.2, -0.15) is 4.57 Å². The molecule has 0 saturated carbocycles. The molecule has 0 radical (unpaired) electrons. The van der Waals surface area contributed by atoms with E-state index in [0.29, 0.717) is 47.6 Å². The van der Waals surface area contributed by atoms with Crippen molar-refractivity contribution in [1.82, 2.24) is 0 Å². The van der Waals surface area contributed by atoms with E-state index in [4.69, 9.17) is 32.1 Å². The first-order valence-electron chi connectivity index (χ1n) is 19.3. The Hall–Kier alpha value is -4.87. The van der Waals surface area contributed by atoms with E-state index in [-0.39, 0.29) is 23.0 Å². The smallest absolute Gasteiger partial charge is 0.441 e. The van der Waals surface area contributed by atoms with Crippen molar-refractivity contribution in [1.29, 1.82) is 0 Å². The number of hydrogen-bond donors (Lipinski definition) is 0. The third-order valence-electron chi connectivity index (χ3n) is 9.95. The standard InChI is InChI=1S/C45H53O10P3/c1-11-44(10,49-41-31(4)19-14-20-32(41)5)56(46)51-37-25-17-27-39(29-37)53-58(48,55-43-35(8)23-16-24-36(43)9)54-40-28-18-26-38(30-40)52-57(47)45(12-2,13-3)50-42-33(6)21-15-22-34(42)7/h14-30H,11-13H2,1-10H3/q+2/t44-,58?/m1/s1. The van der Waals surface area contributed by atoms with Crippen LogP contribution in [-0.4, -0.2) is 10.7 Å². The Balaban J connectivity index is 1.41. The largest absolute Gasteiger partial charge is 0.647 e. The Labute approximate surface area is 344 Å². The predicted molar refractivity (Wildman–Crippen MR) is 230 cm³/mol. The quantitative estimate of drug-likeness (QED) is 0.0744. The molecule has 0 saturated heterocycles. The van der Waals surface area contributed by atoms with Crippen LogP contribution in [0, 0.1) is 41.5 Å². The van der Waals surface area contributed by atoms with Crippen LogP contribution in [0.25, 0.3) is 0 Å². The summed E-state index contributed by atoms with van der Waals surface area (Å²) in [5.41, 5.74) is 5.10. The van der Waals surface area contributed by atoms with Crippen LogP contribution in [0.4, 0.5) is 0 Å². The zero-order valence-corrected chi connectivity index (χ0v) is 37.5. The van der Waals surface area contributed by atoms with E-state index in [1.54, 1.807) is 43.3 Å². The molecule has 58 heavy (non-hydrogen) atoms. The third-order valence-corrected chi connectivity index (χ3v) is 14.5. The van der Waals surface area contributed by atoms with Crippen molar-refractivity contribution < 1.29 is 45.8 Å².